The number of piperazine rings is 1. The van der Waals surface area contributed by atoms with E-state index in [-0.39, 0.29) is 5.54 Å². The first-order chi connectivity index (χ1) is 8.81. The summed E-state index contributed by atoms with van der Waals surface area (Å²) in [5.74, 6) is 0.656. The number of hydrogen-bond donors (Lipinski definition) is 1. The standard InChI is InChI=1S/C13H27N3O2S/c1-13(2)11-16(9-8-15(13)3)19(17,18)10-12-4-6-14-7-5-12/h12,14H,4-11H2,1-3H3. The fraction of sp³-hybridized carbons (Fsp3) is 1.00. The van der Waals surface area contributed by atoms with Gasteiger partial charge in [0, 0.05) is 25.2 Å². The molecule has 5 nitrogen and oxygen atoms in total. The third-order valence-corrected chi connectivity index (χ3v) is 6.57. The van der Waals surface area contributed by atoms with E-state index in [1.54, 1.807) is 4.31 Å². The highest BCUT2D eigenvalue weighted by atomic mass is 32.2. The van der Waals surface area contributed by atoms with Crippen LogP contribution in [0.5, 0.6) is 0 Å². The van der Waals surface area contributed by atoms with Crippen molar-refractivity contribution in [3.63, 3.8) is 0 Å². The van der Waals surface area contributed by atoms with Crippen LogP contribution < -0.4 is 5.32 Å². The van der Waals surface area contributed by atoms with E-state index < -0.39 is 10.0 Å². The highest BCUT2D eigenvalue weighted by molar-refractivity contribution is 7.89. The second kappa shape index (κ2) is 5.68. The number of likely N-dealkylation sites (N-methyl/N-ethyl adjacent to an activating group) is 1. The van der Waals surface area contributed by atoms with Crippen molar-refractivity contribution in [3.8, 4) is 0 Å². The smallest absolute Gasteiger partial charge is 0.214 e. The predicted octanol–water partition coefficient (Wildman–Crippen LogP) is 0.342. The van der Waals surface area contributed by atoms with Gasteiger partial charge >= 0.3 is 0 Å². The molecule has 2 aliphatic rings. The second-order valence-corrected chi connectivity index (χ2v) is 8.55. The molecule has 6 heteroatoms. The fourth-order valence-electron chi connectivity index (χ4n) is 2.88. The van der Waals surface area contributed by atoms with Crippen LogP contribution in [0, 0.1) is 5.92 Å². The van der Waals surface area contributed by atoms with Crippen molar-refractivity contribution in [1.82, 2.24) is 14.5 Å². The van der Waals surface area contributed by atoms with E-state index in [0.29, 0.717) is 24.8 Å². The highest BCUT2D eigenvalue weighted by Gasteiger charge is 2.37. The highest BCUT2D eigenvalue weighted by Crippen LogP contribution is 2.23. The minimum absolute atomic E-state index is 0.0700. The Morgan fingerprint density at radius 2 is 1.84 bits per heavy atom. The van der Waals surface area contributed by atoms with Crippen LogP contribution in [0.25, 0.3) is 0 Å². The lowest BCUT2D eigenvalue weighted by Gasteiger charge is -2.45. The minimum atomic E-state index is -3.10. The molecule has 0 aromatic rings. The van der Waals surface area contributed by atoms with Crippen LogP contribution in [0.3, 0.4) is 0 Å². The number of sulfonamides is 1. The fourth-order valence-corrected chi connectivity index (χ4v) is 4.90. The molecule has 0 amide bonds. The molecular formula is C13H27N3O2S. The van der Waals surface area contributed by atoms with Crippen molar-refractivity contribution < 1.29 is 8.42 Å². The molecule has 0 bridgehead atoms. The first-order valence-corrected chi connectivity index (χ1v) is 8.82. The van der Waals surface area contributed by atoms with Crippen molar-refractivity contribution in [1.29, 1.82) is 0 Å². The summed E-state index contributed by atoms with van der Waals surface area (Å²) < 4.78 is 26.8. The lowest BCUT2D eigenvalue weighted by Crippen LogP contribution is -2.59. The van der Waals surface area contributed by atoms with E-state index in [1.165, 1.54) is 0 Å². The van der Waals surface area contributed by atoms with Gasteiger partial charge in [0.2, 0.25) is 10.0 Å². The normalized spacial score (nSPS) is 27.5. The van der Waals surface area contributed by atoms with Gasteiger partial charge in [0.15, 0.2) is 0 Å². The summed E-state index contributed by atoms with van der Waals surface area (Å²) in [6.45, 7) is 8.18. The minimum Gasteiger partial charge on any atom is -0.317 e. The molecule has 0 radical (unpaired) electrons. The molecule has 112 valence electrons. The zero-order chi connectivity index (χ0) is 14.1. The van der Waals surface area contributed by atoms with Gasteiger partial charge in [0.25, 0.3) is 0 Å². The Kier molecular flexibility index (Phi) is 4.55. The van der Waals surface area contributed by atoms with Gasteiger partial charge in [0.1, 0.15) is 0 Å². The van der Waals surface area contributed by atoms with Crippen molar-refractivity contribution in [2.45, 2.75) is 32.2 Å². The summed E-state index contributed by atoms with van der Waals surface area (Å²) >= 11 is 0. The summed E-state index contributed by atoms with van der Waals surface area (Å²) in [5, 5.41) is 3.28. The lowest BCUT2D eigenvalue weighted by atomic mass is 10.0. The molecule has 0 spiro atoms. The number of piperidine rings is 1. The van der Waals surface area contributed by atoms with Crippen LogP contribution in [0.4, 0.5) is 0 Å². The Labute approximate surface area is 117 Å². The summed E-state index contributed by atoms with van der Waals surface area (Å²) in [6.07, 6.45) is 1.97. The Morgan fingerprint density at radius 3 is 2.42 bits per heavy atom. The average molecular weight is 289 g/mol. The molecule has 0 unspecified atom stereocenters. The first-order valence-electron chi connectivity index (χ1n) is 7.21. The van der Waals surface area contributed by atoms with E-state index in [9.17, 15) is 8.42 Å². The Balaban J connectivity index is 1.99. The molecule has 2 rings (SSSR count). The van der Waals surface area contributed by atoms with Crippen molar-refractivity contribution in [2.24, 2.45) is 5.92 Å². The molecule has 0 aliphatic carbocycles. The van der Waals surface area contributed by atoms with Crippen LogP contribution in [-0.4, -0.2) is 68.7 Å². The Hall–Kier alpha value is -0.170. The lowest BCUT2D eigenvalue weighted by molar-refractivity contribution is 0.0799. The zero-order valence-electron chi connectivity index (χ0n) is 12.4. The summed E-state index contributed by atoms with van der Waals surface area (Å²) in [4.78, 5) is 2.24. The number of hydrogen-bond acceptors (Lipinski definition) is 4. The molecule has 1 N–H and O–H groups in total. The summed E-state index contributed by atoms with van der Waals surface area (Å²) in [7, 11) is -1.03. The topological polar surface area (TPSA) is 52.7 Å². The van der Waals surface area contributed by atoms with Gasteiger partial charge in [-0.05, 0) is 52.7 Å². The maximum atomic E-state index is 12.5. The molecule has 0 aromatic carbocycles. The largest absolute Gasteiger partial charge is 0.317 e. The van der Waals surface area contributed by atoms with Crippen LogP contribution in [0.2, 0.25) is 0 Å². The summed E-state index contributed by atoms with van der Waals surface area (Å²) in [6, 6.07) is 0. The van der Waals surface area contributed by atoms with E-state index >= 15 is 0 Å². The zero-order valence-corrected chi connectivity index (χ0v) is 13.2. The van der Waals surface area contributed by atoms with Crippen molar-refractivity contribution in [3.05, 3.63) is 0 Å². The SMILES string of the molecule is CN1CCN(S(=O)(=O)CC2CCNCC2)CC1(C)C. The third kappa shape index (κ3) is 3.68. The van der Waals surface area contributed by atoms with Crippen LogP contribution in [0.15, 0.2) is 0 Å². The molecule has 2 fully saturated rings. The van der Waals surface area contributed by atoms with Crippen LogP contribution in [-0.2, 0) is 10.0 Å². The quantitative estimate of drug-likeness (QED) is 0.814. The van der Waals surface area contributed by atoms with E-state index in [4.69, 9.17) is 0 Å². The molecule has 0 saturated carbocycles. The van der Waals surface area contributed by atoms with Gasteiger partial charge in [-0.15, -0.1) is 0 Å². The summed E-state index contributed by atoms with van der Waals surface area (Å²) in [5.41, 5.74) is -0.0700. The molecule has 2 aliphatic heterocycles. The third-order valence-electron chi connectivity index (χ3n) is 4.58. The van der Waals surface area contributed by atoms with Gasteiger partial charge < -0.3 is 5.32 Å². The van der Waals surface area contributed by atoms with E-state index in [0.717, 1.165) is 32.5 Å². The molecule has 0 atom stereocenters. The van der Waals surface area contributed by atoms with Crippen molar-refractivity contribution in [2.75, 3.05) is 45.5 Å². The molecule has 2 saturated heterocycles. The first kappa shape index (κ1) is 15.2. The van der Waals surface area contributed by atoms with Gasteiger partial charge in [-0.3, -0.25) is 4.90 Å². The van der Waals surface area contributed by atoms with E-state index in [1.807, 2.05) is 0 Å². The Morgan fingerprint density at radius 1 is 1.21 bits per heavy atom. The predicted molar refractivity (Wildman–Crippen MR) is 77.7 cm³/mol. The van der Waals surface area contributed by atoms with Crippen LogP contribution >= 0.6 is 0 Å². The maximum absolute atomic E-state index is 12.5. The Bertz CT molecular complexity index is 402. The molecule has 0 aromatic heterocycles. The second-order valence-electron chi connectivity index (χ2n) is 6.54. The van der Waals surface area contributed by atoms with Gasteiger partial charge in [-0.1, -0.05) is 0 Å². The van der Waals surface area contributed by atoms with Gasteiger partial charge in [0.05, 0.1) is 5.75 Å². The monoisotopic (exact) mass is 289 g/mol. The van der Waals surface area contributed by atoms with Gasteiger partial charge in [-0.25, -0.2) is 8.42 Å². The maximum Gasteiger partial charge on any atom is 0.214 e. The molecular weight excluding hydrogens is 262 g/mol. The average Bonchev–Trinajstić information content (AvgIpc) is 2.33. The molecule has 2 heterocycles. The van der Waals surface area contributed by atoms with Crippen LogP contribution in [0.1, 0.15) is 26.7 Å². The van der Waals surface area contributed by atoms with Crippen molar-refractivity contribution >= 4 is 10.0 Å². The molecule has 19 heavy (non-hydrogen) atoms. The van der Waals surface area contributed by atoms with E-state index in [2.05, 4.69) is 31.1 Å². The van der Waals surface area contributed by atoms with Gasteiger partial charge in [-0.2, -0.15) is 4.31 Å². The number of nitrogens with zero attached hydrogens (tertiary/aromatic N) is 2. The number of nitrogens with one attached hydrogen (secondary N) is 1. The number of rotatable bonds is 3.